The normalized spacial score (nSPS) is 19.2. The van der Waals surface area contributed by atoms with E-state index in [1.54, 1.807) is 0 Å². The van der Waals surface area contributed by atoms with E-state index in [-0.39, 0.29) is 24.8 Å². The summed E-state index contributed by atoms with van der Waals surface area (Å²) in [6.45, 7) is 4.58. The van der Waals surface area contributed by atoms with Crippen LogP contribution in [0, 0.1) is 0 Å². The third-order valence-electron chi connectivity index (χ3n) is 4.50. The minimum absolute atomic E-state index is 0.127. The van der Waals surface area contributed by atoms with Crippen LogP contribution in [-0.2, 0) is 22.3 Å². The number of amides is 1. The monoisotopic (exact) mass is 360 g/mol. The Bertz CT molecular complexity index is 593. The highest BCUT2D eigenvalue weighted by molar-refractivity contribution is 5.75. The molecule has 3 rings (SSSR count). The molecule has 0 radical (unpaired) electrons. The van der Waals surface area contributed by atoms with Gasteiger partial charge in [-0.05, 0) is 18.9 Å². The number of halogens is 3. The zero-order valence-corrected chi connectivity index (χ0v) is 14.0. The first-order valence-electron chi connectivity index (χ1n) is 8.65. The van der Waals surface area contributed by atoms with Crippen molar-refractivity contribution in [3.05, 3.63) is 17.5 Å². The zero-order valence-electron chi connectivity index (χ0n) is 14.0. The maximum absolute atomic E-state index is 12.8. The summed E-state index contributed by atoms with van der Waals surface area (Å²) in [6, 6.07) is 1.12. The number of aryl methyl sites for hydroxylation is 1. The van der Waals surface area contributed by atoms with E-state index in [9.17, 15) is 18.0 Å². The molecule has 140 valence electrons. The molecule has 1 N–H and O–H groups in total. The van der Waals surface area contributed by atoms with Gasteiger partial charge in [0.15, 0.2) is 5.69 Å². The molecule has 9 heteroatoms. The van der Waals surface area contributed by atoms with Crippen molar-refractivity contribution in [1.82, 2.24) is 20.0 Å². The van der Waals surface area contributed by atoms with Gasteiger partial charge in [-0.1, -0.05) is 0 Å². The smallest absolute Gasteiger partial charge is 0.379 e. The fourth-order valence-electron chi connectivity index (χ4n) is 2.93. The lowest BCUT2D eigenvalue weighted by Crippen LogP contribution is -2.41. The Hall–Kier alpha value is -1.61. The molecule has 0 spiro atoms. The Balaban J connectivity index is 1.46. The fourth-order valence-corrected chi connectivity index (χ4v) is 2.93. The maximum Gasteiger partial charge on any atom is 0.435 e. The van der Waals surface area contributed by atoms with E-state index in [0.717, 1.165) is 38.5 Å². The molecule has 1 saturated heterocycles. The lowest BCUT2D eigenvalue weighted by Gasteiger charge is -2.26. The van der Waals surface area contributed by atoms with Gasteiger partial charge < -0.3 is 10.1 Å². The first-order valence-corrected chi connectivity index (χ1v) is 8.65. The van der Waals surface area contributed by atoms with Crippen molar-refractivity contribution in [1.29, 1.82) is 0 Å². The predicted octanol–water partition coefficient (Wildman–Crippen LogP) is 1.62. The van der Waals surface area contributed by atoms with E-state index < -0.39 is 11.9 Å². The van der Waals surface area contributed by atoms with Crippen LogP contribution in [0.5, 0.6) is 0 Å². The van der Waals surface area contributed by atoms with Gasteiger partial charge in [0.1, 0.15) is 0 Å². The van der Waals surface area contributed by atoms with Crippen LogP contribution < -0.4 is 5.32 Å². The molecule has 1 saturated carbocycles. The lowest BCUT2D eigenvalue weighted by molar-refractivity contribution is -0.141. The number of nitrogens with one attached hydrogen (secondary N) is 1. The summed E-state index contributed by atoms with van der Waals surface area (Å²) in [5, 5.41) is 6.47. The van der Waals surface area contributed by atoms with Crippen LogP contribution in [0.4, 0.5) is 13.2 Å². The largest absolute Gasteiger partial charge is 0.435 e. The molecule has 1 aliphatic carbocycles. The van der Waals surface area contributed by atoms with Crippen molar-refractivity contribution in [3.63, 3.8) is 0 Å². The zero-order chi connectivity index (χ0) is 17.9. The molecular formula is C16H23F3N4O2. The van der Waals surface area contributed by atoms with Crippen LogP contribution in [0.1, 0.15) is 36.6 Å². The maximum atomic E-state index is 12.8. The van der Waals surface area contributed by atoms with Gasteiger partial charge >= 0.3 is 6.18 Å². The van der Waals surface area contributed by atoms with Crippen molar-refractivity contribution < 1.29 is 22.7 Å². The summed E-state index contributed by atoms with van der Waals surface area (Å²) in [6.07, 6.45) is -2.55. The van der Waals surface area contributed by atoms with Gasteiger partial charge in [0.05, 0.1) is 13.2 Å². The van der Waals surface area contributed by atoms with Crippen molar-refractivity contribution in [2.75, 3.05) is 39.4 Å². The number of morpholine rings is 1. The molecule has 25 heavy (non-hydrogen) atoms. The molecule has 6 nitrogen and oxygen atoms in total. The van der Waals surface area contributed by atoms with Crippen LogP contribution in [0.25, 0.3) is 0 Å². The number of carbonyl (C=O) groups excluding carboxylic acids is 1. The van der Waals surface area contributed by atoms with Crippen LogP contribution in [0.2, 0.25) is 0 Å². The summed E-state index contributed by atoms with van der Waals surface area (Å²) in [4.78, 5) is 14.1. The molecule has 0 atom stereocenters. The van der Waals surface area contributed by atoms with Crippen molar-refractivity contribution in [3.8, 4) is 0 Å². The Labute approximate surface area is 144 Å². The van der Waals surface area contributed by atoms with Gasteiger partial charge in [0.2, 0.25) is 5.91 Å². The van der Waals surface area contributed by atoms with Crippen LogP contribution in [0.3, 0.4) is 0 Å². The molecule has 0 unspecified atom stereocenters. The number of carbonyl (C=O) groups is 1. The third-order valence-corrected chi connectivity index (χ3v) is 4.50. The van der Waals surface area contributed by atoms with Crippen molar-refractivity contribution in [2.24, 2.45) is 0 Å². The molecule has 1 aliphatic heterocycles. The van der Waals surface area contributed by atoms with Crippen molar-refractivity contribution >= 4 is 5.91 Å². The number of alkyl halides is 3. The Morgan fingerprint density at radius 1 is 1.28 bits per heavy atom. The summed E-state index contributed by atoms with van der Waals surface area (Å²) in [5.41, 5.74) is -0.282. The first-order chi connectivity index (χ1) is 11.9. The number of rotatable bonds is 7. The van der Waals surface area contributed by atoms with E-state index in [0.29, 0.717) is 25.5 Å². The summed E-state index contributed by atoms with van der Waals surface area (Å²) in [5.74, 6) is -0.0213. The Kier molecular flexibility index (Phi) is 5.63. The average molecular weight is 360 g/mol. The minimum Gasteiger partial charge on any atom is -0.379 e. The second kappa shape index (κ2) is 7.74. The highest BCUT2D eigenvalue weighted by atomic mass is 19.4. The molecule has 1 aromatic rings. The number of nitrogens with zero attached hydrogens (tertiary/aromatic N) is 3. The molecule has 1 amide bonds. The molecule has 2 aliphatic rings. The second-order valence-corrected chi connectivity index (χ2v) is 6.50. The van der Waals surface area contributed by atoms with E-state index >= 15 is 0 Å². The Morgan fingerprint density at radius 2 is 2.00 bits per heavy atom. The molecule has 1 aromatic heterocycles. The van der Waals surface area contributed by atoms with E-state index in [1.807, 2.05) is 0 Å². The summed E-state index contributed by atoms with van der Waals surface area (Å²) in [7, 11) is 0. The highest BCUT2D eigenvalue weighted by Gasteiger charge is 2.37. The fraction of sp³-hybridized carbons (Fsp3) is 0.750. The topological polar surface area (TPSA) is 59.4 Å². The number of aromatic nitrogens is 2. The number of ether oxygens (including phenoxy) is 1. The number of hydrogen-bond donors (Lipinski definition) is 1. The van der Waals surface area contributed by atoms with Gasteiger partial charge in [-0.2, -0.15) is 18.3 Å². The quantitative estimate of drug-likeness (QED) is 0.803. The SMILES string of the molecule is O=C(CCn1nc(C(F)(F)F)cc1C1CC1)NCCN1CCOCC1. The van der Waals surface area contributed by atoms with Gasteiger partial charge in [0, 0.05) is 50.8 Å². The highest BCUT2D eigenvalue weighted by Crippen LogP contribution is 2.42. The van der Waals surface area contributed by atoms with E-state index in [2.05, 4.69) is 15.3 Å². The summed E-state index contributed by atoms with van der Waals surface area (Å²) >= 11 is 0. The van der Waals surface area contributed by atoms with Gasteiger partial charge in [-0.3, -0.25) is 14.4 Å². The standard InChI is InChI=1S/C16H23F3N4O2/c17-16(18,19)14-11-13(12-1-2-12)23(21-14)5-3-15(24)20-4-6-22-7-9-25-10-8-22/h11-12H,1-10H2,(H,20,24). The van der Waals surface area contributed by atoms with Crippen LogP contribution in [-0.4, -0.2) is 60.0 Å². The van der Waals surface area contributed by atoms with Gasteiger partial charge in [-0.25, -0.2) is 0 Å². The van der Waals surface area contributed by atoms with Gasteiger partial charge in [-0.15, -0.1) is 0 Å². The predicted molar refractivity (Wildman–Crippen MR) is 84.1 cm³/mol. The van der Waals surface area contributed by atoms with Crippen LogP contribution in [0.15, 0.2) is 6.07 Å². The van der Waals surface area contributed by atoms with Crippen molar-refractivity contribution in [2.45, 2.75) is 37.9 Å². The number of hydrogen-bond acceptors (Lipinski definition) is 4. The first kappa shape index (κ1) is 18.2. The minimum atomic E-state index is -4.45. The molecule has 2 heterocycles. The molecule has 0 aromatic carbocycles. The van der Waals surface area contributed by atoms with Crippen LogP contribution >= 0.6 is 0 Å². The third kappa shape index (κ3) is 5.18. The average Bonchev–Trinajstić information content (AvgIpc) is 3.32. The van der Waals surface area contributed by atoms with E-state index in [1.165, 1.54) is 4.68 Å². The van der Waals surface area contributed by atoms with E-state index in [4.69, 9.17) is 4.74 Å². The lowest BCUT2D eigenvalue weighted by atomic mass is 10.2. The summed E-state index contributed by atoms with van der Waals surface area (Å²) < 4.78 is 45.1. The second-order valence-electron chi connectivity index (χ2n) is 6.50. The Morgan fingerprint density at radius 3 is 2.64 bits per heavy atom. The molecule has 2 fully saturated rings. The molecular weight excluding hydrogens is 337 g/mol. The van der Waals surface area contributed by atoms with Gasteiger partial charge in [0.25, 0.3) is 0 Å². The molecule has 0 bridgehead atoms.